The van der Waals surface area contributed by atoms with Gasteiger partial charge in [-0.1, -0.05) is 38.2 Å². The predicted molar refractivity (Wildman–Crippen MR) is 152 cm³/mol. The van der Waals surface area contributed by atoms with Crippen molar-refractivity contribution in [2.75, 3.05) is 32.6 Å². The Hall–Kier alpha value is -3.64. The molecule has 2 aromatic carbocycles. The van der Waals surface area contributed by atoms with Gasteiger partial charge in [0.05, 0.1) is 4.90 Å². The highest BCUT2D eigenvalue weighted by molar-refractivity contribution is 7.89. The van der Waals surface area contributed by atoms with Gasteiger partial charge in [0, 0.05) is 25.3 Å². The molecule has 4 rings (SSSR count). The summed E-state index contributed by atoms with van der Waals surface area (Å²) in [7, 11) is -0.792. The largest absolute Gasteiger partial charge is 0.486 e. The number of nitrogens with one attached hydrogen (secondary N) is 2. The third-order valence-electron chi connectivity index (χ3n) is 7.17. The normalized spacial score (nSPS) is 16.9. The van der Waals surface area contributed by atoms with Crippen LogP contribution in [0.3, 0.4) is 0 Å². The van der Waals surface area contributed by atoms with E-state index in [1.165, 1.54) is 26.2 Å². The van der Waals surface area contributed by atoms with E-state index in [2.05, 4.69) is 15.6 Å². The number of carbonyl (C=O) groups is 2. The molecule has 12 heteroatoms. The van der Waals surface area contributed by atoms with Crippen LogP contribution in [0.5, 0.6) is 11.5 Å². The molecule has 1 aliphatic carbocycles. The number of ether oxygens (including phenoxy) is 2. The van der Waals surface area contributed by atoms with Crippen LogP contribution in [0, 0.1) is 12.8 Å². The number of rotatable bonds is 8. The van der Waals surface area contributed by atoms with Gasteiger partial charge in [0.1, 0.15) is 19.3 Å². The maximum atomic E-state index is 13.5. The lowest BCUT2D eigenvalue weighted by molar-refractivity contribution is -0.117. The molecule has 2 aliphatic rings. The lowest BCUT2D eigenvalue weighted by atomic mass is 9.84. The summed E-state index contributed by atoms with van der Waals surface area (Å²) in [5, 5.41) is 5.42. The molecule has 11 nitrogen and oxygen atoms in total. The smallest absolute Gasteiger partial charge is 0.258 e. The van der Waals surface area contributed by atoms with Gasteiger partial charge in [0.25, 0.3) is 5.91 Å². The molecule has 4 N–H and O–H groups in total. The van der Waals surface area contributed by atoms with Crippen molar-refractivity contribution < 1.29 is 27.5 Å². The molecule has 0 radical (unpaired) electrons. The topological polar surface area (TPSA) is 152 Å². The molecule has 0 aromatic heterocycles. The van der Waals surface area contributed by atoms with E-state index < -0.39 is 27.9 Å². The molecule has 1 aliphatic heterocycles. The van der Waals surface area contributed by atoms with Crippen LogP contribution in [-0.2, 0) is 14.8 Å². The fourth-order valence-corrected chi connectivity index (χ4v) is 5.78. The molecule has 1 atom stereocenters. The zero-order chi connectivity index (χ0) is 28.9. The Morgan fingerprint density at radius 1 is 1.05 bits per heavy atom. The van der Waals surface area contributed by atoms with Crippen molar-refractivity contribution in [2.45, 2.75) is 56.4 Å². The molecular formula is C28H37N5O6S. The number of aliphatic imine (C=N–C) groups is 1. The number of guanidine groups is 1. The summed E-state index contributed by atoms with van der Waals surface area (Å²) in [6, 6.07) is 8.54. The van der Waals surface area contributed by atoms with E-state index in [0.29, 0.717) is 47.9 Å². The Morgan fingerprint density at radius 2 is 1.75 bits per heavy atom. The quantitative estimate of drug-likeness (QED) is 0.325. The van der Waals surface area contributed by atoms with Crippen LogP contribution in [0.2, 0.25) is 0 Å². The highest BCUT2D eigenvalue weighted by Crippen LogP contribution is 2.31. The van der Waals surface area contributed by atoms with Crippen molar-refractivity contribution in [3.05, 3.63) is 47.5 Å². The second kappa shape index (κ2) is 12.7. The first kappa shape index (κ1) is 29.3. The van der Waals surface area contributed by atoms with Gasteiger partial charge in [-0.25, -0.2) is 17.7 Å². The number of hydrogen-bond acceptors (Lipinski definition) is 7. The first-order chi connectivity index (χ1) is 19.0. The first-order valence-electron chi connectivity index (χ1n) is 13.4. The van der Waals surface area contributed by atoms with Gasteiger partial charge in [0.15, 0.2) is 17.5 Å². The molecule has 0 bridgehead atoms. The van der Waals surface area contributed by atoms with Crippen molar-refractivity contribution in [3.63, 3.8) is 0 Å². The molecule has 0 spiro atoms. The third-order valence-corrected chi connectivity index (χ3v) is 8.98. The molecule has 216 valence electrons. The fraction of sp³-hybridized carbons (Fsp3) is 0.464. The van der Waals surface area contributed by atoms with Crippen LogP contribution < -0.4 is 25.8 Å². The lowest BCUT2D eigenvalue weighted by Gasteiger charge is -2.25. The van der Waals surface area contributed by atoms with Crippen LogP contribution in [0.4, 0.5) is 5.69 Å². The number of anilines is 1. The number of hydrogen-bond donors (Lipinski definition) is 3. The minimum atomic E-state index is -3.69. The summed E-state index contributed by atoms with van der Waals surface area (Å²) < 4.78 is 37.4. The summed E-state index contributed by atoms with van der Waals surface area (Å²) >= 11 is 0. The zero-order valence-electron chi connectivity index (χ0n) is 23.1. The molecule has 1 heterocycles. The molecule has 2 aromatic rings. The number of nitrogens with zero attached hydrogens (tertiary/aromatic N) is 2. The number of carbonyl (C=O) groups excluding carboxylic acids is 2. The van der Waals surface area contributed by atoms with E-state index in [1.807, 2.05) is 0 Å². The third kappa shape index (κ3) is 7.11. The molecule has 1 fully saturated rings. The van der Waals surface area contributed by atoms with Crippen LogP contribution in [0.15, 0.2) is 46.3 Å². The standard InChI is InChI=1S/C28H37N5O6S/c1-18-9-11-21(40(36,37)33(2)3)17-22(18)30-27(35)23(15-19-7-5-4-6-8-19)31-28(29)32-26(34)20-10-12-24-25(16-20)39-14-13-38-24/h9-12,16-17,19,23H,4-8,13-15H2,1-3H3,(H,30,35)(H3,29,31,32,34)/t23-/m1/s1. The Balaban J connectivity index is 1.54. The maximum absolute atomic E-state index is 13.5. The van der Waals surface area contributed by atoms with Crippen LogP contribution >= 0.6 is 0 Å². The molecule has 0 saturated heterocycles. The zero-order valence-corrected chi connectivity index (χ0v) is 23.9. The van der Waals surface area contributed by atoms with E-state index >= 15 is 0 Å². The maximum Gasteiger partial charge on any atom is 0.258 e. The number of benzene rings is 2. The average Bonchev–Trinajstić information content (AvgIpc) is 2.93. The number of amides is 2. The molecule has 0 unspecified atom stereocenters. The molecule has 40 heavy (non-hydrogen) atoms. The number of sulfonamides is 1. The Labute approximate surface area is 235 Å². The molecule has 2 amide bonds. The average molecular weight is 572 g/mol. The van der Waals surface area contributed by atoms with Crippen LogP contribution in [0.1, 0.15) is 54.4 Å². The summed E-state index contributed by atoms with van der Waals surface area (Å²) in [5.74, 6) is 0.217. The Morgan fingerprint density at radius 3 is 2.45 bits per heavy atom. The monoisotopic (exact) mass is 571 g/mol. The summed E-state index contributed by atoms with van der Waals surface area (Å²) in [4.78, 5) is 30.9. The summed E-state index contributed by atoms with van der Waals surface area (Å²) in [6.45, 7) is 2.62. The summed E-state index contributed by atoms with van der Waals surface area (Å²) in [5.41, 5.74) is 7.51. The van der Waals surface area contributed by atoms with Crippen molar-refractivity contribution in [1.29, 1.82) is 0 Å². The SMILES string of the molecule is Cc1ccc(S(=O)(=O)N(C)C)cc1NC(=O)[C@@H](CC1CCCCC1)N=C(N)NC(=O)c1ccc2c(c1)OCCO2. The fourth-order valence-electron chi connectivity index (χ4n) is 4.85. The predicted octanol–water partition coefficient (Wildman–Crippen LogP) is 3.04. The number of fused-ring (bicyclic) bond motifs is 1. The second-order valence-electron chi connectivity index (χ2n) is 10.3. The second-order valence-corrected chi connectivity index (χ2v) is 12.5. The van der Waals surface area contributed by atoms with Gasteiger partial charge in [0.2, 0.25) is 15.9 Å². The van der Waals surface area contributed by atoms with Crippen molar-refractivity contribution in [1.82, 2.24) is 9.62 Å². The first-order valence-corrected chi connectivity index (χ1v) is 14.9. The highest BCUT2D eigenvalue weighted by atomic mass is 32.2. The minimum absolute atomic E-state index is 0.0666. The van der Waals surface area contributed by atoms with E-state index in [4.69, 9.17) is 15.2 Å². The number of aryl methyl sites for hydroxylation is 1. The Bertz CT molecular complexity index is 1390. The van der Waals surface area contributed by atoms with E-state index in [-0.39, 0.29) is 16.8 Å². The van der Waals surface area contributed by atoms with E-state index in [1.54, 1.807) is 31.2 Å². The highest BCUT2D eigenvalue weighted by Gasteiger charge is 2.26. The van der Waals surface area contributed by atoms with Crippen LogP contribution in [-0.4, -0.2) is 63.8 Å². The van der Waals surface area contributed by atoms with Gasteiger partial charge >= 0.3 is 0 Å². The van der Waals surface area contributed by atoms with Crippen molar-refractivity contribution >= 4 is 33.5 Å². The Kier molecular flexibility index (Phi) is 9.31. The van der Waals surface area contributed by atoms with Gasteiger partial charge < -0.3 is 20.5 Å². The van der Waals surface area contributed by atoms with Gasteiger partial charge in [-0.2, -0.15) is 0 Å². The number of nitrogens with two attached hydrogens (primary N) is 1. The van der Waals surface area contributed by atoms with E-state index in [9.17, 15) is 18.0 Å². The van der Waals surface area contributed by atoms with Gasteiger partial charge in [-0.15, -0.1) is 0 Å². The van der Waals surface area contributed by atoms with Crippen LogP contribution in [0.25, 0.3) is 0 Å². The molecular weight excluding hydrogens is 534 g/mol. The summed E-state index contributed by atoms with van der Waals surface area (Å²) in [6.07, 6.45) is 5.76. The molecule has 1 saturated carbocycles. The van der Waals surface area contributed by atoms with Gasteiger partial charge in [-0.3, -0.25) is 14.9 Å². The van der Waals surface area contributed by atoms with Crippen molar-refractivity contribution in [3.8, 4) is 11.5 Å². The lowest BCUT2D eigenvalue weighted by Crippen LogP contribution is -2.40. The van der Waals surface area contributed by atoms with Gasteiger partial charge in [-0.05, 0) is 55.2 Å². The van der Waals surface area contributed by atoms with E-state index in [0.717, 1.165) is 36.4 Å². The minimum Gasteiger partial charge on any atom is -0.486 e. The van der Waals surface area contributed by atoms with Crippen molar-refractivity contribution in [2.24, 2.45) is 16.6 Å².